The molecule has 0 saturated carbocycles. The summed E-state index contributed by atoms with van der Waals surface area (Å²) in [6.07, 6.45) is 18.4. The highest BCUT2D eigenvalue weighted by atomic mass is 35.5. The van der Waals surface area contributed by atoms with Gasteiger partial charge in [0, 0.05) is 12.0 Å². The summed E-state index contributed by atoms with van der Waals surface area (Å²) in [4.78, 5) is 29.8. The zero-order chi connectivity index (χ0) is 27.9. The topological polar surface area (TPSA) is 78.8 Å². The predicted octanol–water partition coefficient (Wildman–Crippen LogP) is 9.74. The molecular formula is C30H41Cl3N2O3. The molecule has 0 unspecified atom stereocenters. The van der Waals surface area contributed by atoms with Gasteiger partial charge in [-0.1, -0.05) is 126 Å². The number of phenols is 1. The molecule has 0 aliphatic heterocycles. The van der Waals surface area contributed by atoms with Gasteiger partial charge in [-0.05, 0) is 31.1 Å². The van der Waals surface area contributed by atoms with Gasteiger partial charge in [-0.3, -0.25) is 9.59 Å². The van der Waals surface area contributed by atoms with E-state index in [0.717, 1.165) is 19.3 Å². The summed E-state index contributed by atoms with van der Waals surface area (Å²) in [5, 5.41) is 12.7. The third-order valence-corrected chi connectivity index (χ3v) is 7.66. The van der Waals surface area contributed by atoms with E-state index in [-0.39, 0.29) is 32.4 Å². The normalized spacial score (nSPS) is 14.8. The number of halogens is 3. The van der Waals surface area contributed by atoms with Crippen molar-refractivity contribution in [1.29, 1.82) is 0 Å². The molecule has 210 valence electrons. The molecule has 1 aliphatic rings. The van der Waals surface area contributed by atoms with Crippen molar-refractivity contribution in [3.63, 3.8) is 0 Å². The number of benzene rings is 1. The van der Waals surface area contributed by atoms with Crippen molar-refractivity contribution in [2.24, 2.45) is 4.99 Å². The number of unbranched alkanes of at least 4 members (excludes halogenated alkanes) is 12. The second-order valence-corrected chi connectivity index (χ2v) is 11.0. The Hall–Kier alpha value is -1.82. The Morgan fingerprint density at radius 3 is 1.84 bits per heavy atom. The molecule has 0 spiro atoms. The van der Waals surface area contributed by atoms with Crippen LogP contribution >= 0.6 is 34.8 Å². The number of rotatable bonds is 17. The van der Waals surface area contributed by atoms with Crippen LogP contribution < -0.4 is 5.32 Å². The van der Waals surface area contributed by atoms with E-state index in [9.17, 15) is 14.7 Å². The largest absolute Gasteiger partial charge is 0.505 e. The van der Waals surface area contributed by atoms with Crippen LogP contribution in [0.5, 0.6) is 5.75 Å². The first-order valence-electron chi connectivity index (χ1n) is 14.0. The fraction of sp³-hybridized carbons (Fsp3) is 0.567. The van der Waals surface area contributed by atoms with Crippen LogP contribution in [-0.4, -0.2) is 22.5 Å². The number of hydrogen-bond acceptors (Lipinski definition) is 4. The molecule has 2 rings (SSSR count). The van der Waals surface area contributed by atoms with Gasteiger partial charge in [-0.25, -0.2) is 4.99 Å². The quantitative estimate of drug-likeness (QED) is 0.141. The predicted molar refractivity (Wildman–Crippen MR) is 160 cm³/mol. The van der Waals surface area contributed by atoms with Crippen LogP contribution in [0.25, 0.3) is 0 Å². The Bertz CT molecular complexity index is 1020. The molecule has 0 radical (unpaired) electrons. The van der Waals surface area contributed by atoms with E-state index in [4.69, 9.17) is 34.8 Å². The molecule has 1 aromatic rings. The Balaban J connectivity index is 1.80. The zero-order valence-electron chi connectivity index (χ0n) is 22.7. The average molecular weight is 584 g/mol. The van der Waals surface area contributed by atoms with Crippen LogP contribution in [0, 0.1) is 0 Å². The molecule has 0 saturated heterocycles. The van der Waals surface area contributed by atoms with Crippen LogP contribution in [0.2, 0.25) is 10.0 Å². The van der Waals surface area contributed by atoms with Gasteiger partial charge in [0.1, 0.15) is 0 Å². The van der Waals surface area contributed by atoms with Crippen LogP contribution in [-0.2, 0) is 9.59 Å². The molecule has 0 aromatic heterocycles. The number of hydrogen-bond donors (Lipinski definition) is 2. The third kappa shape index (κ3) is 10.7. The van der Waals surface area contributed by atoms with Crippen LogP contribution in [0.3, 0.4) is 0 Å². The maximum Gasteiger partial charge on any atom is 0.224 e. The number of carbonyl (C=O) groups is 2. The molecule has 8 heteroatoms. The lowest BCUT2D eigenvalue weighted by atomic mass is 9.97. The fourth-order valence-electron chi connectivity index (χ4n) is 4.46. The van der Waals surface area contributed by atoms with E-state index >= 15 is 0 Å². The van der Waals surface area contributed by atoms with Crippen molar-refractivity contribution in [2.75, 3.05) is 0 Å². The number of allylic oxidation sites excluding steroid dienone is 3. The number of phenolic OH excluding ortho intramolecular Hbond substituents is 1. The van der Waals surface area contributed by atoms with Gasteiger partial charge in [0.15, 0.2) is 5.75 Å². The molecule has 38 heavy (non-hydrogen) atoms. The molecule has 0 atom stereocenters. The summed E-state index contributed by atoms with van der Waals surface area (Å²) in [6, 6.07) is 2.93. The van der Waals surface area contributed by atoms with E-state index in [2.05, 4.69) is 17.2 Å². The number of ketones is 1. The van der Waals surface area contributed by atoms with E-state index < -0.39 is 5.78 Å². The maximum absolute atomic E-state index is 12.8. The van der Waals surface area contributed by atoms with Crippen molar-refractivity contribution < 1.29 is 14.7 Å². The van der Waals surface area contributed by atoms with Gasteiger partial charge in [-0.15, -0.1) is 0 Å². The number of Topliss-reactive ketones (excluding diaryl/α,β-unsaturated/α-hetero) is 1. The first-order chi connectivity index (χ1) is 18.3. The van der Waals surface area contributed by atoms with E-state index in [0.29, 0.717) is 29.8 Å². The minimum absolute atomic E-state index is 0.0287. The molecule has 0 heterocycles. The van der Waals surface area contributed by atoms with Gasteiger partial charge in [0.05, 0.1) is 32.2 Å². The first-order valence-corrected chi connectivity index (χ1v) is 15.1. The van der Waals surface area contributed by atoms with Gasteiger partial charge in [0.25, 0.3) is 0 Å². The molecule has 1 amide bonds. The summed E-state index contributed by atoms with van der Waals surface area (Å²) >= 11 is 18.4. The maximum atomic E-state index is 12.8. The number of carbonyl (C=O) groups excluding carboxylic acids is 2. The average Bonchev–Trinajstić information content (AvgIpc) is 2.88. The van der Waals surface area contributed by atoms with Crippen molar-refractivity contribution in [3.8, 4) is 5.75 Å². The van der Waals surface area contributed by atoms with Gasteiger partial charge < -0.3 is 10.4 Å². The molecule has 1 aromatic carbocycles. The molecule has 0 fully saturated rings. The highest BCUT2D eigenvalue weighted by Gasteiger charge is 2.26. The number of nitrogens with one attached hydrogen (secondary N) is 1. The van der Waals surface area contributed by atoms with E-state index in [1.165, 1.54) is 82.4 Å². The van der Waals surface area contributed by atoms with E-state index in [1.54, 1.807) is 0 Å². The number of aliphatic imine (C=N–C) groups is 1. The second-order valence-electron chi connectivity index (χ2n) is 9.83. The van der Waals surface area contributed by atoms with Gasteiger partial charge in [-0.2, -0.15) is 0 Å². The lowest BCUT2D eigenvalue weighted by Gasteiger charge is -2.18. The SMILES string of the molecule is CCCCCCCCCCCCCCCC(=O)NC1=CC(=Nc2cc(Cl)c(O)c(Cl)c2)C(CC)=C(Cl)C1=O. The lowest BCUT2D eigenvalue weighted by molar-refractivity contribution is -0.122. The second kappa shape index (κ2) is 17.7. The monoisotopic (exact) mass is 582 g/mol. The highest BCUT2D eigenvalue weighted by Crippen LogP contribution is 2.36. The summed E-state index contributed by atoms with van der Waals surface area (Å²) in [7, 11) is 0. The van der Waals surface area contributed by atoms with Crippen molar-refractivity contribution >= 4 is 57.9 Å². The Morgan fingerprint density at radius 1 is 0.842 bits per heavy atom. The van der Waals surface area contributed by atoms with Crippen molar-refractivity contribution in [2.45, 2.75) is 110 Å². The summed E-state index contributed by atoms with van der Waals surface area (Å²) in [5.74, 6) is -0.868. The van der Waals surface area contributed by atoms with Crippen molar-refractivity contribution in [1.82, 2.24) is 5.32 Å². The lowest BCUT2D eigenvalue weighted by Crippen LogP contribution is -2.31. The third-order valence-electron chi connectivity index (χ3n) is 6.69. The molecule has 2 N–H and O–H groups in total. The minimum Gasteiger partial charge on any atom is -0.505 e. The zero-order valence-corrected chi connectivity index (χ0v) is 25.0. The van der Waals surface area contributed by atoms with Crippen LogP contribution in [0.15, 0.2) is 39.5 Å². The van der Waals surface area contributed by atoms with E-state index in [1.807, 2.05) is 6.92 Å². The highest BCUT2D eigenvalue weighted by molar-refractivity contribution is 6.49. The Morgan fingerprint density at radius 2 is 1.34 bits per heavy atom. The number of nitrogens with zero attached hydrogens (tertiary/aromatic N) is 1. The Kier molecular flexibility index (Phi) is 15.1. The first kappa shape index (κ1) is 32.4. The number of aromatic hydroxyl groups is 1. The molecular weight excluding hydrogens is 543 g/mol. The van der Waals surface area contributed by atoms with Gasteiger partial charge in [0.2, 0.25) is 11.7 Å². The molecule has 1 aliphatic carbocycles. The fourth-order valence-corrected chi connectivity index (χ4v) is 5.27. The molecule has 5 nitrogen and oxygen atoms in total. The Labute approximate surface area is 242 Å². The minimum atomic E-state index is -0.428. The molecule has 0 bridgehead atoms. The van der Waals surface area contributed by atoms with Crippen LogP contribution in [0.1, 0.15) is 110 Å². The summed E-state index contributed by atoms with van der Waals surface area (Å²) < 4.78 is 0. The van der Waals surface area contributed by atoms with Crippen LogP contribution in [0.4, 0.5) is 5.69 Å². The van der Waals surface area contributed by atoms with Crippen molar-refractivity contribution in [3.05, 3.63) is 44.6 Å². The smallest absolute Gasteiger partial charge is 0.224 e. The summed E-state index contributed by atoms with van der Waals surface area (Å²) in [5.41, 5.74) is 1.49. The standard InChI is InChI=1S/C30H41Cl3N2O3/c1-3-5-6-7-8-9-10-11-12-13-14-15-16-17-27(36)35-26-20-25(22(4-2)28(33)30(26)38)34-21-18-23(31)29(37)24(32)19-21/h18-20,37H,3-17H2,1-2H3,(H,35,36). The van der Waals surface area contributed by atoms with Gasteiger partial charge >= 0.3 is 0 Å². The number of amides is 1. The summed E-state index contributed by atoms with van der Waals surface area (Å²) in [6.45, 7) is 4.11.